The lowest BCUT2D eigenvalue weighted by Gasteiger charge is -2.32. The molecule has 33 heavy (non-hydrogen) atoms. The minimum Gasteiger partial charge on any atom is -0.406 e. The lowest BCUT2D eigenvalue weighted by atomic mass is 10.2. The van der Waals surface area contributed by atoms with Gasteiger partial charge >= 0.3 is 6.36 Å². The molecule has 0 saturated carbocycles. The van der Waals surface area contributed by atoms with Crippen LogP contribution in [-0.2, 0) is 4.79 Å². The second-order valence-electron chi connectivity index (χ2n) is 7.67. The zero-order valence-electron chi connectivity index (χ0n) is 17.8. The Morgan fingerprint density at radius 2 is 1.82 bits per heavy atom. The summed E-state index contributed by atoms with van der Waals surface area (Å²) in [6.07, 6.45) is -0.198. The van der Waals surface area contributed by atoms with Gasteiger partial charge in [-0.25, -0.2) is 9.97 Å². The number of ether oxygens (including phenoxy) is 1. The van der Waals surface area contributed by atoms with Gasteiger partial charge in [-0.1, -0.05) is 12.1 Å². The van der Waals surface area contributed by atoms with Crippen LogP contribution in [0.25, 0.3) is 17.0 Å². The molecule has 1 saturated heterocycles. The molecule has 0 bridgehead atoms. The standard InChI is InChI=1S/C23H22F3N5O2/c1-30-10-12-31(13-11-30)22-27-15-17-14-18(5-8-20(17)29-22)28-21(32)9-4-16-2-6-19(7-3-16)33-23(24,25)26/h2-9,14-15H,10-13H2,1H3,(H,28,32)/b9-4+. The van der Waals surface area contributed by atoms with Crippen molar-refractivity contribution >= 4 is 34.5 Å². The summed E-state index contributed by atoms with van der Waals surface area (Å²) in [6, 6.07) is 10.6. The zero-order valence-corrected chi connectivity index (χ0v) is 17.8. The third kappa shape index (κ3) is 6.19. The SMILES string of the molecule is CN1CCN(c2ncc3cc(NC(=O)/C=C/c4ccc(OC(F)(F)F)cc4)ccc3n2)CC1. The van der Waals surface area contributed by atoms with E-state index in [1.54, 1.807) is 18.3 Å². The van der Waals surface area contributed by atoms with Crippen molar-refractivity contribution in [2.75, 3.05) is 43.4 Å². The largest absolute Gasteiger partial charge is 0.573 e. The molecule has 1 aromatic heterocycles. The van der Waals surface area contributed by atoms with Crippen molar-refractivity contribution in [2.45, 2.75) is 6.36 Å². The fourth-order valence-corrected chi connectivity index (χ4v) is 3.40. The minimum absolute atomic E-state index is 0.321. The highest BCUT2D eigenvalue weighted by Gasteiger charge is 2.30. The first kappa shape index (κ1) is 22.5. The average Bonchev–Trinajstić information content (AvgIpc) is 2.78. The van der Waals surface area contributed by atoms with Gasteiger partial charge in [0.2, 0.25) is 11.9 Å². The number of halogens is 3. The molecule has 2 heterocycles. The Labute approximate surface area is 188 Å². The van der Waals surface area contributed by atoms with E-state index < -0.39 is 6.36 Å². The van der Waals surface area contributed by atoms with Crippen molar-refractivity contribution in [1.82, 2.24) is 14.9 Å². The monoisotopic (exact) mass is 457 g/mol. The molecule has 1 N–H and O–H groups in total. The first-order valence-electron chi connectivity index (χ1n) is 10.3. The van der Waals surface area contributed by atoms with E-state index in [-0.39, 0.29) is 11.7 Å². The molecule has 172 valence electrons. The Morgan fingerprint density at radius 3 is 2.52 bits per heavy atom. The smallest absolute Gasteiger partial charge is 0.406 e. The van der Waals surface area contributed by atoms with Gasteiger partial charge in [0.15, 0.2) is 0 Å². The zero-order chi connectivity index (χ0) is 23.4. The first-order valence-corrected chi connectivity index (χ1v) is 10.3. The van der Waals surface area contributed by atoms with E-state index in [1.807, 2.05) is 6.07 Å². The van der Waals surface area contributed by atoms with Crippen LogP contribution in [0, 0.1) is 0 Å². The molecule has 0 atom stereocenters. The second-order valence-corrected chi connectivity index (χ2v) is 7.67. The lowest BCUT2D eigenvalue weighted by Crippen LogP contribution is -2.45. The lowest BCUT2D eigenvalue weighted by molar-refractivity contribution is -0.274. The molecule has 1 fully saturated rings. The van der Waals surface area contributed by atoms with Gasteiger partial charge in [0.25, 0.3) is 0 Å². The number of likely N-dealkylation sites (N-methyl/N-ethyl adjacent to an activating group) is 1. The van der Waals surface area contributed by atoms with Crippen molar-refractivity contribution in [1.29, 1.82) is 0 Å². The summed E-state index contributed by atoms with van der Waals surface area (Å²) in [5.74, 6) is 0.000165. The number of rotatable bonds is 5. The molecule has 0 spiro atoms. The number of benzene rings is 2. The number of nitrogens with one attached hydrogen (secondary N) is 1. The highest BCUT2D eigenvalue weighted by atomic mass is 19.4. The molecular formula is C23H22F3N5O2. The number of amides is 1. The normalized spacial score (nSPS) is 15.2. The predicted octanol–water partition coefficient (Wildman–Crippen LogP) is 3.93. The molecular weight excluding hydrogens is 435 g/mol. The maximum absolute atomic E-state index is 12.3. The summed E-state index contributed by atoms with van der Waals surface area (Å²) in [5, 5.41) is 3.56. The Kier molecular flexibility index (Phi) is 6.45. The van der Waals surface area contributed by atoms with Crippen LogP contribution in [0.15, 0.2) is 54.7 Å². The number of hydrogen-bond acceptors (Lipinski definition) is 6. The third-order valence-corrected chi connectivity index (χ3v) is 5.16. The van der Waals surface area contributed by atoms with Crippen LogP contribution >= 0.6 is 0 Å². The van der Waals surface area contributed by atoms with Gasteiger partial charge in [-0.15, -0.1) is 13.2 Å². The van der Waals surface area contributed by atoms with Crippen molar-refractivity contribution in [3.63, 3.8) is 0 Å². The van der Waals surface area contributed by atoms with E-state index in [0.717, 1.165) is 37.1 Å². The van der Waals surface area contributed by atoms with Gasteiger partial charge in [0, 0.05) is 49.5 Å². The molecule has 2 aromatic carbocycles. The molecule has 0 radical (unpaired) electrons. The molecule has 1 amide bonds. The van der Waals surface area contributed by atoms with Crippen molar-refractivity contribution in [3.8, 4) is 5.75 Å². The van der Waals surface area contributed by atoms with Gasteiger partial charge in [0.1, 0.15) is 5.75 Å². The summed E-state index contributed by atoms with van der Waals surface area (Å²) >= 11 is 0. The van der Waals surface area contributed by atoms with Gasteiger partial charge < -0.3 is 19.9 Å². The number of piperazine rings is 1. The minimum atomic E-state index is -4.74. The number of carbonyl (C=O) groups excluding carboxylic acids is 1. The number of nitrogens with zero attached hydrogens (tertiary/aromatic N) is 4. The van der Waals surface area contributed by atoms with Crippen LogP contribution in [0.2, 0.25) is 0 Å². The van der Waals surface area contributed by atoms with Crippen molar-refractivity contribution < 1.29 is 22.7 Å². The maximum Gasteiger partial charge on any atom is 0.573 e. The number of anilines is 2. The van der Waals surface area contributed by atoms with Crippen molar-refractivity contribution in [3.05, 3.63) is 60.3 Å². The summed E-state index contributed by atoms with van der Waals surface area (Å²) in [5.41, 5.74) is 1.93. The van der Waals surface area contributed by atoms with E-state index in [2.05, 4.69) is 36.9 Å². The average molecular weight is 457 g/mol. The topological polar surface area (TPSA) is 70.6 Å². The summed E-state index contributed by atoms with van der Waals surface area (Å²) in [6.45, 7) is 3.68. The Morgan fingerprint density at radius 1 is 1.09 bits per heavy atom. The Bertz CT molecular complexity index is 1160. The number of aromatic nitrogens is 2. The van der Waals surface area contributed by atoms with Crippen LogP contribution in [-0.4, -0.2) is 60.4 Å². The summed E-state index contributed by atoms with van der Waals surface area (Å²) in [7, 11) is 2.09. The van der Waals surface area contributed by atoms with E-state index in [0.29, 0.717) is 17.2 Å². The fraction of sp³-hybridized carbons (Fsp3) is 0.261. The fourth-order valence-electron chi connectivity index (χ4n) is 3.40. The summed E-state index contributed by atoms with van der Waals surface area (Å²) in [4.78, 5) is 25.8. The van der Waals surface area contributed by atoms with Crippen LogP contribution in [0.5, 0.6) is 5.75 Å². The molecule has 10 heteroatoms. The van der Waals surface area contributed by atoms with Gasteiger partial charge in [-0.3, -0.25) is 4.79 Å². The van der Waals surface area contributed by atoms with E-state index >= 15 is 0 Å². The van der Waals surface area contributed by atoms with E-state index in [9.17, 15) is 18.0 Å². The molecule has 7 nitrogen and oxygen atoms in total. The summed E-state index contributed by atoms with van der Waals surface area (Å²) < 4.78 is 40.5. The highest BCUT2D eigenvalue weighted by Crippen LogP contribution is 2.23. The second kappa shape index (κ2) is 9.45. The van der Waals surface area contributed by atoms with Gasteiger partial charge in [-0.05, 0) is 49.0 Å². The van der Waals surface area contributed by atoms with E-state index in [1.165, 1.54) is 36.4 Å². The molecule has 4 rings (SSSR count). The quantitative estimate of drug-likeness (QED) is 0.586. The molecule has 3 aromatic rings. The highest BCUT2D eigenvalue weighted by molar-refractivity contribution is 6.02. The molecule has 0 unspecified atom stereocenters. The molecule has 1 aliphatic heterocycles. The Hall–Kier alpha value is -3.66. The van der Waals surface area contributed by atoms with Crippen molar-refractivity contribution in [2.24, 2.45) is 0 Å². The van der Waals surface area contributed by atoms with Crippen LogP contribution in [0.1, 0.15) is 5.56 Å². The molecule has 1 aliphatic rings. The number of alkyl halides is 3. The number of carbonyl (C=O) groups is 1. The van der Waals surface area contributed by atoms with Crippen LogP contribution in [0.4, 0.5) is 24.8 Å². The molecule has 0 aliphatic carbocycles. The third-order valence-electron chi connectivity index (χ3n) is 5.16. The maximum atomic E-state index is 12.3. The number of fused-ring (bicyclic) bond motifs is 1. The Balaban J connectivity index is 1.38. The van der Waals surface area contributed by atoms with Crippen LogP contribution in [0.3, 0.4) is 0 Å². The predicted molar refractivity (Wildman–Crippen MR) is 120 cm³/mol. The van der Waals surface area contributed by atoms with Gasteiger partial charge in [0.05, 0.1) is 5.52 Å². The first-order chi connectivity index (χ1) is 15.7. The van der Waals surface area contributed by atoms with Gasteiger partial charge in [-0.2, -0.15) is 0 Å². The van der Waals surface area contributed by atoms with E-state index in [4.69, 9.17) is 0 Å². The number of hydrogen-bond donors (Lipinski definition) is 1. The van der Waals surface area contributed by atoms with Crippen LogP contribution < -0.4 is 15.0 Å².